The molecule has 0 radical (unpaired) electrons. The fourth-order valence-electron chi connectivity index (χ4n) is 2.19. The molecule has 4 heteroatoms. The molecule has 1 amide bonds. The molecule has 0 atom stereocenters. The average Bonchev–Trinajstić information content (AvgIpc) is 2.44. The van der Waals surface area contributed by atoms with Crippen molar-refractivity contribution in [2.45, 2.75) is 64.8 Å². The van der Waals surface area contributed by atoms with Crippen molar-refractivity contribution < 1.29 is 4.79 Å². The fourth-order valence-corrected chi connectivity index (χ4v) is 2.47. The van der Waals surface area contributed by atoms with Crippen molar-refractivity contribution in [2.24, 2.45) is 5.92 Å². The van der Waals surface area contributed by atoms with Gasteiger partial charge in [0.2, 0.25) is 5.91 Å². The molecule has 1 rings (SSSR count). The Balaban J connectivity index is 2.25. The summed E-state index contributed by atoms with van der Waals surface area (Å²) in [6.07, 6.45) is 8.04. The van der Waals surface area contributed by atoms with Crippen molar-refractivity contribution in [3.63, 3.8) is 0 Å². The molecule has 2 N–H and O–H groups in total. The molecule has 1 saturated carbocycles. The van der Waals surface area contributed by atoms with Crippen LogP contribution in [0.15, 0.2) is 0 Å². The Morgan fingerprint density at radius 3 is 2.35 bits per heavy atom. The maximum atomic E-state index is 11.5. The Morgan fingerprint density at radius 2 is 1.82 bits per heavy atom. The first-order chi connectivity index (χ1) is 8.08. The van der Waals surface area contributed by atoms with E-state index in [2.05, 4.69) is 10.6 Å². The molecule has 0 unspecified atom stereocenters. The summed E-state index contributed by atoms with van der Waals surface area (Å²) in [5, 5.41) is 6.53. The van der Waals surface area contributed by atoms with Crippen LogP contribution in [-0.4, -0.2) is 17.1 Å². The van der Waals surface area contributed by atoms with E-state index in [1.54, 1.807) is 0 Å². The minimum absolute atomic E-state index is 0.0196. The molecule has 0 bridgehead atoms. The third kappa shape index (κ3) is 6.61. The highest BCUT2D eigenvalue weighted by atomic mass is 32.1. The molecular weight excluding hydrogens is 232 g/mol. The maximum absolute atomic E-state index is 11.5. The highest BCUT2D eigenvalue weighted by Crippen LogP contribution is 2.16. The van der Waals surface area contributed by atoms with Crippen LogP contribution in [0.3, 0.4) is 0 Å². The maximum Gasteiger partial charge on any atom is 0.226 e. The highest BCUT2D eigenvalue weighted by molar-refractivity contribution is 7.80. The number of amides is 1. The number of carbonyl (C=O) groups is 1. The summed E-state index contributed by atoms with van der Waals surface area (Å²) in [5.74, 6) is 0.391. The lowest BCUT2D eigenvalue weighted by molar-refractivity contribution is -0.120. The van der Waals surface area contributed by atoms with E-state index in [-0.39, 0.29) is 5.91 Å². The van der Waals surface area contributed by atoms with Gasteiger partial charge in [0.15, 0.2) is 5.11 Å². The lowest BCUT2D eigenvalue weighted by Crippen LogP contribution is -2.44. The van der Waals surface area contributed by atoms with Gasteiger partial charge in [0.25, 0.3) is 0 Å². The molecule has 0 aromatic heterocycles. The largest absolute Gasteiger partial charge is 0.360 e. The van der Waals surface area contributed by atoms with E-state index in [0.717, 1.165) is 0 Å². The van der Waals surface area contributed by atoms with Gasteiger partial charge in [-0.3, -0.25) is 4.79 Å². The van der Waals surface area contributed by atoms with Gasteiger partial charge < -0.3 is 10.6 Å². The predicted molar refractivity (Wildman–Crippen MR) is 74.8 cm³/mol. The van der Waals surface area contributed by atoms with Gasteiger partial charge in [0.05, 0.1) is 0 Å². The van der Waals surface area contributed by atoms with Crippen LogP contribution in [0.25, 0.3) is 0 Å². The van der Waals surface area contributed by atoms with Crippen LogP contribution in [0.2, 0.25) is 0 Å². The molecule has 17 heavy (non-hydrogen) atoms. The van der Waals surface area contributed by atoms with E-state index in [1.165, 1.54) is 38.5 Å². The van der Waals surface area contributed by atoms with Crippen LogP contribution < -0.4 is 10.6 Å². The summed E-state index contributed by atoms with van der Waals surface area (Å²) in [4.78, 5) is 11.5. The molecule has 0 heterocycles. The summed E-state index contributed by atoms with van der Waals surface area (Å²) < 4.78 is 0. The molecule has 0 saturated heterocycles. The lowest BCUT2D eigenvalue weighted by atomic mass is 10.1. The Bertz CT molecular complexity index is 258. The summed E-state index contributed by atoms with van der Waals surface area (Å²) in [5.41, 5.74) is 0. The monoisotopic (exact) mass is 256 g/mol. The second kappa shape index (κ2) is 7.64. The first kappa shape index (κ1) is 14.4. The second-order valence-electron chi connectivity index (χ2n) is 5.31. The molecule has 0 aliphatic heterocycles. The average molecular weight is 256 g/mol. The van der Waals surface area contributed by atoms with Gasteiger partial charge in [0, 0.05) is 12.5 Å². The van der Waals surface area contributed by atoms with E-state index >= 15 is 0 Å². The smallest absolute Gasteiger partial charge is 0.226 e. The Morgan fingerprint density at radius 1 is 1.24 bits per heavy atom. The molecule has 1 aliphatic carbocycles. The van der Waals surface area contributed by atoms with Crippen LogP contribution in [0.4, 0.5) is 0 Å². The van der Waals surface area contributed by atoms with Crippen molar-refractivity contribution in [3.8, 4) is 0 Å². The molecular formula is C13H24N2OS. The van der Waals surface area contributed by atoms with Crippen LogP contribution in [-0.2, 0) is 4.79 Å². The number of hydrogen-bond acceptors (Lipinski definition) is 2. The van der Waals surface area contributed by atoms with Crippen LogP contribution in [0, 0.1) is 5.92 Å². The molecule has 98 valence electrons. The summed E-state index contributed by atoms with van der Waals surface area (Å²) >= 11 is 5.17. The van der Waals surface area contributed by atoms with Crippen LogP contribution in [0.5, 0.6) is 0 Å². The number of hydrogen-bond donors (Lipinski definition) is 2. The van der Waals surface area contributed by atoms with Gasteiger partial charge in [-0.2, -0.15) is 0 Å². The third-order valence-electron chi connectivity index (χ3n) is 3.04. The Kier molecular flexibility index (Phi) is 6.48. The van der Waals surface area contributed by atoms with Gasteiger partial charge in [-0.15, -0.1) is 0 Å². The SMILES string of the molecule is CC(C)CC(=O)NC(=S)NC1CCCCCC1. The number of nitrogens with one attached hydrogen (secondary N) is 2. The van der Waals surface area contributed by atoms with Gasteiger partial charge >= 0.3 is 0 Å². The van der Waals surface area contributed by atoms with Gasteiger partial charge in [-0.25, -0.2) is 0 Å². The zero-order valence-electron chi connectivity index (χ0n) is 10.9. The topological polar surface area (TPSA) is 41.1 Å². The molecule has 1 fully saturated rings. The second-order valence-corrected chi connectivity index (χ2v) is 5.72. The zero-order chi connectivity index (χ0) is 12.7. The van der Waals surface area contributed by atoms with Gasteiger partial charge in [-0.05, 0) is 31.0 Å². The van der Waals surface area contributed by atoms with E-state index in [1.807, 2.05) is 13.8 Å². The minimum Gasteiger partial charge on any atom is -0.360 e. The molecule has 0 spiro atoms. The number of carbonyl (C=O) groups excluding carboxylic acids is 1. The van der Waals surface area contributed by atoms with Crippen molar-refractivity contribution in [3.05, 3.63) is 0 Å². The van der Waals surface area contributed by atoms with Crippen LogP contribution >= 0.6 is 12.2 Å². The first-order valence-electron chi connectivity index (χ1n) is 6.68. The van der Waals surface area contributed by atoms with Crippen molar-refractivity contribution in [1.29, 1.82) is 0 Å². The van der Waals surface area contributed by atoms with E-state index in [9.17, 15) is 4.79 Å². The summed E-state index contributed by atoms with van der Waals surface area (Å²) in [7, 11) is 0. The lowest BCUT2D eigenvalue weighted by Gasteiger charge is -2.18. The molecule has 3 nitrogen and oxygen atoms in total. The van der Waals surface area contributed by atoms with Crippen molar-refractivity contribution in [1.82, 2.24) is 10.6 Å². The van der Waals surface area contributed by atoms with Crippen molar-refractivity contribution >= 4 is 23.2 Å². The van der Waals surface area contributed by atoms with Crippen LogP contribution in [0.1, 0.15) is 58.8 Å². The third-order valence-corrected chi connectivity index (χ3v) is 3.26. The number of rotatable bonds is 3. The first-order valence-corrected chi connectivity index (χ1v) is 7.09. The quantitative estimate of drug-likeness (QED) is 0.602. The van der Waals surface area contributed by atoms with Gasteiger partial charge in [-0.1, -0.05) is 39.5 Å². The normalized spacial score (nSPS) is 17.6. The fraction of sp³-hybridized carbons (Fsp3) is 0.846. The van der Waals surface area contributed by atoms with E-state index < -0.39 is 0 Å². The minimum atomic E-state index is 0.0196. The number of thiocarbonyl (C=S) groups is 1. The predicted octanol–water partition coefficient (Wildman–Crippen LogP) is 2.75. The van der Waals surface area contributed by atoms with Crippen molar-refractivity contribution in [2.75, 3.05) is 0 Å². The standard InChI is InChI=1S/C13H24N2OS/c1-10(2)9-12(16)15-13(17)14-11-7-5-3-4-6-8-11/h10-11H,3-9H2,1-2H3,(H2,14,15,16,17). The Labute approximate surface area is 110 Å². The molecule has 1 aliphatic rings. The van der Waals surface area contributed by atoms with E-state index in [0.29, 0.717) is 23.5 Å². The van der Waals surface area contributed by atoms with Gasteiger partial charge in [0.1, 0.15) is 0 Å². The van der Waals surface area contributed by atoms with E-state index in [4.69, 9.17) is 12.2 Å². The molecule has 0 aromatic rings. The molecule has 0 aromatic carbocycles. The Hall–Kier alpha value is -0.640. The highest BCUT2D eigenvalue weighted by Gasteiger charge is 2.14. The summed E-state index contributed by atoms with van der Waals surface area (Å²) in [6, 6.07) is 0.448. The zero-order valence-corrected chi connectivity index (χ0v) is 11.7. The summed E-state index contributed by atoms with van der Waals surface area (Å²) in [6.45, 7) is 4.06.